The van der Waals surface area contributed by atoms with Crippen molar-refractivity contribution in [2.75, 3.05) is 13.2 Å². The summed E-state index contributed by atoms with van der Waals surface area (Å²) in [4.78, 5) is 23.2. The van der Waals surface area contributed by atoms with Crippen molar-refractivity contribution in [1.82, 2.24) is 10.6 Å². The lowest BCUT2D eigenvalue weighted by molar-refractivity contribution is -0.139. The number of carbonyl (C=O) groups excluding carboxylic acids is 2. The molecule has 0 heterocycles. The summed E-state index contributed by atoms with van der Waals surface area (Å²) in [5.41, 5.74) is 0.769. The first-order chi connectivity index (χ1) is 10.0. The lowest BCUT2D eigenvalue weighted by Gasteiger charge is -2.09. The number of carbonyl (C=O) groups is 2. The van der Waals surface area contributed by atoms with Crippen LogP contribution in [0.3, 0.4) is 0 Å². The van der Waals surface area contributed by atoms with Gasteiger partial charge in [-0.1, -0.05) is 29.8 Å². The molecule has 0 atom stereocenters. The first kappa shape index (κ1) is 17.5. The molecular formula is C15H21ClN2O3. The van der Waals surface area contributed by atoms with Crippen molar-refractivity contribution in [3.8, 4) is 0 Å². The van der Waals surface area contributed by atoms with E-state index in [1.165, 1.54) is 0 Å². The van der Waals surface area contributed by atoms with Crippen molar-refractivity contribution in [2.45, 2.75) is 32.9 Å². The minimum Gasteiger partial charge on any atom is -0.379 e. The molecule has 1 aromatic rings. The van der Waals surface area contributed by atoms with Crippen molar-refractivity contribution in [1.29, 1.82) is 0 Å². The summed E-state index contributed by atoms with van der Waals surface area (Å²) in [6, 6.07) is 7.16. The topological polar surface area (TPSA) is 67.4 Å². The van der Waals surface area contributed by atoms with Crippen LogP contribution in [0.4, 0.5) is 0 Å². The molecule has 0 aliphatic heterocycles. The molecule has 0 radical (unpaired) electrons. The van der Waals surface area contributed by atoms with Gasteiger partial charge in [0, 0.05) is 24.7 Å². The van der Waals surface area contributed by atoms with Gasteiger partial charge in [-0.25, -0.2) is 0 Å². The second-order valence-corrected chi connectivity index (χ2v) is 5.21. The zero-order chi connectivity index (χ0) is 15.7. The zero-order valence-electron chi connectivity index (χ0n) is 12.3. The normalized spacial score (nSPS) is 10.5. The number of nitrogens with one attached hydrogen (secondary N) is 2. The van der Waals surface area contributed by atoms with Gasteiger partial charge in [0.2, 0.25) is 0 Å². The molecule has 116 valence electrons. The first-order valence-corrected chi connectivity index (χ1v) is 7.29. The standard InChI is InChI=1S/C15H21ClN2O3/c1-11(2)21-9-5-8-17-14(19)15(20)18-10-12-6-3-4-7-13(12)16/h3-4,6-7,11H,5,8-10H2,1-2H3,(H,17,19)(H,18,20). The van der Waals surface area contributed by atoms with Crippen molar-refractivity contribution in [2.24, 2.45) is 0 Å². The van der Waals surface area contributed by atoms with Crippen molar-refractivity contribution >= 4 is 23.4 Å². The van der Waals surface area contributed by atoms with Gasteiger partial charge in [0.15, 0.2) is 0 Å². The Morgan fingerprint density at radius 1 is 1.19 bits per heavy atom. The second kappa shape index (κ2) is 9.37. The minimum absolute atomic E-state index is 0.166. The van der Waals surface area contributed by atoms with E-state index >= 15 is 0 Å². The number of benzene rings is 1. The molecule has 0 fully saturated rings. The van der Waals surface area contributed by atoms with Crippen molar-refractivity contribution in [3.05, 3.63) is 34.9 Å². The predicted molar refractivity (Wildman–Crippen MR) is 82.0 cm³/mol. The second-order valence-electron chi connectivity index (χ2n) is 4.80. The average molecular weight is 313 g/mol. The fraction of sp³-hybridized carbons (Fsp3) is 0.467. The smallest absolute Gasteiger partial charge is 0.309 e. The molecule has 0 unspecified atom stereocenters. The van der Waals surface area contributed by atoms with E-state index in [0.29, 0.717) is 24.6 Å². The number of ether oxygens (including phenoxy) is 1. The van der Waals surface area contributed by atoms with Gasteiger partial charge in [-0.15, -0.1) is 0 Å². The van der Waals surface area contributed by atoms with E-state index in [4.69, 9.17) is 16.3 Å². The van der Waals surface area contributed by atoms with Gasteiger partial charge in [-0.3, -0.25) is 9.59 Å². The molecule has 0 aromatic heterocycles. The summed E-state index contributed by atoms with van der Waals surface area (Å²) in [5.74, 6) is -1.31. The first-order valence-electron chi connectivity index (χ1n) is 6.91. The van der Waals surface area contributed by atoms with Gasteiger partial charge in [0.25, 0.3) is 0 Å². The molecule has 2 N–H and O–H groups in total. The number of hydrogen-bond acceptors (Lipinski definition) is 3. The Morgan fingerprint density at radius 3 is 2.52 bits per heavy atom. The van der Waals surface area contributed by atoms with Gasteiger partial charge in [0.1, 0.15) is 0 Å². The van der Waals surface area contributed by atoms with Gasteiger partial charge in [-0.05, 0) is 31.9 Å². The van der Waals surface area contributed by atoms with Gasteiger partial charge in [0.05, 0.1) is 6.10 Å². The fourth-order valence-corrected chi connectivity index (χ4v) is 1.77. The zero-order valence-corrected chi connectivity index (χ0v) is 13.1. The quantitative estimate of drug-likeness (QED) is 0.597. The number of rotatable bonds is 7. The van der Waals surface area contributed by atoms with Gasteiger partial charge in [-0.2, -0.15) is 0 Å². The Hall–Kier alpha value is -1.59. The summed E-state index contributed by atoms with van der Waals surface area (Å²) < 4.78 is 5.34. The van der Waals surface area contributed by atoms with Crippen LogP contribution in [0, 0.1) is 0 Å². The van der Waals surface area contributed by atoms with E-state index in [1.807, 2.05) is 19.9 Å². The molecular weight excluding hydrogens is 292 g/mol. The Balaban J connectivity index is 2.22. The van der Waals surface area contributed by atoms with Crippen LogP contribution in [0.25, 0.3) is 0 Å². The van der Waals surface area contributed by atoms with Gasteiger partial charge < -0.3 is 15.4 Å². The number of amides is 2. The van der Waals surface area contributed by atoms with Crippen LogP contribution in [0.15, 0.2) is 24.3 Å². The molecule has 6 heteroatoms. The van der Waals surface area contributed by atoms with E-state index in [0.717, 1.165) is 5.56 Å². The third-order valence-corrected chi connectivity index (χ3v) is 3.03. The van der Waals surface area contributed by atoms with Crippen LogP contribution in [0.5, 0.6) is 0 Å². The Labute approximate surface area is 130 Å². The minimum atomic E-state index is -0.667. The van der Waals surface area contributed by atoms with Crippen LogP contribution in [0.1, 0.15) is 25.8 Å². The predicted octanol–water partition coefficient (Wildman–Crippen LogP) is 1.89. The van der Waals surface area contributed by atoms with Gasteiger partial charge >= 0.3 is 11.8 Å². The van der Waals surface area contributed by atoms with E-state index in [2.05, 4.69) is 10.6 Å². The van der Waals surface area contributed by atoms with E-state index in [9.17, 15) is 9.59 Å². The summed E-state index contributed by atoms with van der Waals surface area (Å²) in [6.07, 6.45) is 0.835. The maximum absolute atomic E-state index is 11.6. The average Bonchev–Trinajstić information content (AvgIpc) is 2.45. The lowest BCUT2D eigenvalue weighted by Crippen LogP contribution is -2.40. The monoisotopic (exact) mass is 312 g/mol. The maximum Gasteiger partial charge on any atom is 0.309 e. The maximum atomic E-state index is 11.6. The molecule has 5 nitrogen and oxygen atoms in total. The third kappa shape index (κ3) is 7.11. The Kier molecular flexibility index (Phi) is 7.79. The molecule has 1 aromatic carbocycles. The molecule has 0 aliphatic rings. The molecule has 0 aliphatic carbocycles. The Morgan fingerprint density at radius 2 is 1.86 bits per heavy atom. The molecule has 0 saturated carbocycles. The fourth-order valence-electron chi connectivity index (χ4n) is 1.57. The summed E-state index contributed by atoms with van der Waals surface area (Å²) in [6.45, 7) is 5.08. The molecule has 21 heavy (non-hydrogen) atoms. The van der Waals surface area contributed by atoms with E-state index < -0.39 is 11.8 Å². The van der Waals surface area contributed by atoms with Crippen LogP contribution in [0.2, 0.25) is 5.02 Å². The highest BCUT2D eigenvalue weighted by Crippen LogP contribution is 2.14. The lowest BCUT2D eigenvalue weighted by atomic mass is 10.2. The number of hydrogen-bond donors (Lipinski definition) is 2. The largest absolute Gasteiger partial charge is 0.379 e. The van der Waals surface area contributed by atoms with Crippen LogP contribution < -0.4 is 10.6 Å². The van der Waals surface area contributed by atoms with Crippen LogP contribution >= 0.6 is 11.6 Å². The highest BCUT2D eigenvalue weighted by Gasteiger charge is 2.12. The SMILES string of the molecule is CC(C)OCCCNC(=O)C(=O)NCc1ccccc1Cl. The van der Waals surface area contributed by atoms with E-state index in [1.54, 1.807) is 18.2 Å². The molecule has 0 spiro atoms. The summed E-state index contributed by atoms with van der Waals surface area (Å²) in [5, 5.41) is 5.63. The molecule has 2 amide bonds. The summed E-state index contributed by atoms with van der Waals surface area (Å²) in [7, 11) is 0. The molecule has 0 bridgehead atoms. The van der Waals surface area contributed by atoms with Crippen molar-refractivity contribution < 1.29 is 14.3 Å². The van der Waals surface area contributed by atoms with E-state index in [-0.39, 0.29) is 12.6 Å². The Bertz CT molecular complexity index is 478. The highest BCUT2D eigenvalue weighted by atomic mass is 35.5. The molecule has 1 rings (SSSR count). The molecule has 0 saturated heterocycles. The highest BCUT2D eigenvalue weighted by molar-refractivity contribution is 6.35. The van der Waals surface area contributed by atoms with Crippen LogP contribution in [-0.2, 0) is 20.9 Å². The van der Waals surface area contributed by atoms with Crippen molar-refractivity contribution in [3.63, 3.8) is 0 Å². The number of halogens is 1. The third-order valence-electron chi connectivity index (χ3n) is 2.66. The summed E-state index contributed by atoms with van der Waals surface area (Å²) >= 11 is 5.97. The van der Waals surface area contributed by atoms with Crippen LogP contribution in [-0.4, -0.2) is 31.1 Å².